The highest BCUT2D eigenvalue weighted by Crippen LogP contribution is 2.33. The molecule has 0 saturated carbocycles. The summed E-state index contributed by atoms with van der Waals surface area (Å²) in [6.07, 6.45) is 0. The van der Waals surface area contributed by atoms with Gasteiger partial charge in [0.15, 0.2) is 0 Å². The average molecular weight is 689 g/mol. The van der Waals surface area contributed by atoms with Crippen molar-refractivity contribution in [3.8, 4) is 5.75 Å². The van der Waals surface area contributed by atoms with E-state index >= 15 is 0 Å². The minimum absolute atomic E-state index is 0. The molecule has 0 unspecified atom stereocenters. The Morgan fingerprint density at radius 3 is 1.38 bits per heavy atom. The van der Waals surface area contributed by atoms with Gasteiger partial charge in [0.1, 0.15) is 17.4 Å². The van der Waals surface area contributed by atoms with Crippen LogP contribution in [0.3, 0.4) is 0 Å². The summed E-state index contributed by atoms with van der Waals surface area (Å²) in [6.45, 7) is 35.8. The first-order valence-electron chi connectivity index (χ1n) is 17.5. The number of methoxy groups -OCH3 is 1. The van der Waals surface area contributed by atoms with Crippen LogP contribution in [0.15, 0.2) is 72.8 Å². The quantitative estimate of drug-likeness (QED) is 0.193. The summed E-state index contributed by atoms with van der Waals surface area (Å²) in [4.78, 5) is 0. The summed E-state index contributed by atoms with van der Waals surface area (Å²) in [5.41, 5.74) is 10.5. The van der Waals surface area contributed by atoms with E-state index in [0.717, 1.165) is 5.75 Å². The second kappa shape index (κ2) is 18.7. The van der Waals surface area contributed by atoms with Gasteiger partial charge in [0.2, 0.25) is 0 Å². The fraction of sp³-hybridized carbons (Fsp3) is 0.489. The molecule has 0 heterocycles. The molecule has 0 aromatic heterocycles. The number of benzene rings is 4. The minimum atomic E-state index is -0.481. The maximum atomic E-state index is 13.5. The van der Waals surface area contributed by atoms with Gasteiger partial charge < -0.3 is 4.74 Å². The van der Waals surface area contributed by atoms with E-state index in [1.807, 2.05) is 20.8 Å². The number of rotatable bonds is 1. The van der Waals surface area contributed by atoms with Crippen LogP contribution in [0.5, 0.6) is 5.75 Å². The molecule has 1 nitrogen and oxygen atoms in total. The van der Waals surface area contributed by atoms with Gasteiger partial charge in [-0.25, -0.2) is 8.78 Å². The number of aryl methyl sites for hydroxylation is 4. The maximum Gasteiger partial charge on any atom is 0.132 e. The van der Waals surface area contributed by atoms with Gasteiger partial charge in [0.25, 0.3) is 0 Å². The van der Waals surface area contributed by atoms with Crippen molar-refractivity contribution in [2.24, 2.45) is 0 Å². The molecule has 0 atom stereocenters. The van der Waals surface area contributed by atoms with Crippen molar-refractivity contribution in [2.75, 3.05) is 7.11 Å². The number of para-hydroxylation sites is 1. The lowest BCUT2D eigenvalue weighted by Crippen LogP contribution is -2.14. The van der Waals surface area contributed by atoms with Crippen LogP contribution < -0.4 is 4.74 Å². The van der Waals surface area contributed by atoms with Crippen LogP contribution >= 0.6 is 0 Å². The molecule has 278 valence electrons. The van der Waals surface area contributed by atoms with Crippen LogP contribution in [0, 0.1) is 46.3 Å². The fourth-order valence-electron chi connectivity index (χ4n) is 5.07. The maximum absolute atomic E-state index is 13.5. The van der Waals surface area contributed by atoms with Crippen molar-refractivity contribution in [3.63, 3.8) is 0 Å². The Hall–Kier alpha value is -3.46. The Morgan fingerprint density at radius 2 is 0.980 bits per heavy atom. The first-order chi connectivity index (χ1) is 22.2. The zero-order valence-electron chi connectivity index (χ0n) is 34.1. The standard InChI is InChI=1S/C12H18O.C12H18.C11H14F2.C11H16.CH4/c1-9-7-6-8-10(11(9)13-5)12(2,3)4;1-9-6-7-11(8-10(9)2)12(3,4)5;1-7-9(12)6-5-8(10(7)13)11(2,3)4;1-9-6-5-7-10(8-9)11(2,3)4;/h6-8H,1-5H3;6-8H,1-5H3;5-6H,1-4H3;5-8H,1-4H3;1H4. The van der Waals surface area contributed by atoms with Gasteiger partial charge in [-0.1, -0.05) is 163 Å². The lowest BCUT2D eigenvalue weighted by Gasteiger charge is -2.23. The molecule has 0 saturated heterocycles. The van der Waals surface area contributed by atoms with Crippen LogP contribution in [-0.4, -0.2) is 7.11 Å². The normalized spacial score (nSPS) is 11.4. The molecule has 0 aliphatic heterocycles. The summed E-state index contributed by atoms with van der Waals surface area (Å²) < 4.78 is 31.8. The lowest BCUT2D eigenvalue weighted by molar-refractivity contribution is 0.394. The van der Waals surface area contributed by atoms with Gasteiger partial charge in [-0.3, -0.25) is 0 Å². The van der Waals surface area contributed by atoms with Gasteiger partial charge >= 0.3 is 0 Å². The molecule has 0 aliphatic carbocycles. The molecular weight excluding hydrogens is 619 g/mol. The third-order valence-corrected chi connectivity index (χ3v) is 8.61. The Bertz CT molecular complexity index is 1630. The summed E-state index contributed by atoms with van der Waals surface area (Å²) in [7, 11) is 1.73. The molecule has 0 spiro atoms. The number of halogens is 2. The lowest BCUT2D eigenvalue weighted by atomic mass is 9.85. The second-order valence-electron chi connectivity index (χ2n) is 17.4. The summed E-state index contributed by atoms with van der Waals surface area (Å²) in [6, 6.07) is 24.5. The van der Waals surface area contributed by atoms with E-state index in [1.165, 1.54) is 58.0 Å². The topological polar surface area (TPSA) is 9.23 Å². The van der Waals surface area contributed by atoms with Crippen molar-refractivity contribution in [3.05, 3.63) is 135 Å². The first kappa shape index (κ1) is 46.5. The third-order valence-electron chi connectivity index (χ3n) is 8.61. The molecule has 0 bridgehead atoms. The molecule has 0 N–H and O–H groups in total. The van der Waals surface area contributed by atoms with Crippen molar-refractivity contribution in [2.45, 2.75) is 147 Å². The number of hydrogen-bond donors (Lipinski definition) is 0. The van der Waals surface area contributed by atoms with Crippen molar-refractivity contribution < 1.29 is 13.5 Å². The summed E-state index contributed by atoms with van der Waals surface area (Å²) in [5, 5.41) is 0. The summed E-state index contributed by atoms with van der Waals surface area (Å²) in [5.74, 6) is 0.119. The Labute approximate surface area is 306 Å². The van der Waals surface area contributed by atoms with Crippen molar-refractivity contribution in [1.29, 1.82) is 0 Å². The van der Waals surface area contributed by atoms with Crippen molar-refractivity contribution >= 4 is 0 Å². The number of ether oxygens (including phenoxy) is 1. The first-order valence-corrected chi connectivity index (χ1v) is 17.5. The minimum Gasteiger partial charge on any atom is -0.496 e. The van der Waals surface area contributed by atoms with E-state index in [4.69, 9.17) is 4.74 Å². The van der Waals surface area contributed by atoms with Crippen LogP contribution in [0.2, 0.25) is 0 Å². The zero-order valence-corrected chi connectivity index (χ0v) is 34.1. The molecule has 4 aromatic rings. The third kappa shape index (κ3) is 14.4. The molecule has 0 fully saturated rings. The smallest absolute Gasteiger partial charge is 0.132 e. The predicted octanol–water partition coefficient (Wildman–Crippen LogP) is 14.4. The van der Waals surface area contributed by atoms with Gasteiger partial charge in [0, 0.05) is 5.56 Å². The average Bonchev–Trinajstić information content (AvgIpc) is 2.96. The molecule has 0 aliphatic rings. The molecule has 4 rings (SSSR count). The highest BCUT2D eigenvalue weighted by Gasteiger charge is 2.21. The van der Waals surface area contributed by atoms with E-state index in [9.17, 15) is 8.78 Å². The largest absolute Gasteiger partial charge is 0.496 e. The zero-order chi connectivity index (χ0) is 38.1. The second-order valence-corrected chi connectivity index (χ2v) is 17.4. The Balaban J connectivity index is 0.000000637. The summed E-state index contributed by atoms with van der Waals surface area (Å²) >= 11 is 0. The molecule has 3 heteroatoms. The van der Waals surface area contributed by atoms with Crippen LogP contribution in [0.25, 0.3) is 0 Å². The van der Waals surface area contributed by atoms with E-state index in [0.29, 0.717) is 5.56 Å². The van der Waals surface area contributed by atoms with Crippen LogP contribution in [-0.2, 0) is 21.7 Å². The van der Waals surface area contributed by atoms with Crippen LogP contribution in [0.4, 0.5) is 8.78 Å². The van der Waals surface area contributed by atoms with E-state index < -0.39 is 11.6 Å². The highest BCUT2D eigenvalue weighted by molar-refractivity contribution is 5.44. The fourth-order valence-corrected chi connectivity index (χ4v) is 5.07. The van der Waals surface area contributed by atoms with Gasteiger partial charge in [0.05, 0.1) is 7.11 Å². The van der Waals surface area contributed by atoms with E-state index in [2.05, 4.69) is 151 Å². The molecule has 4 aromatic carbocycles. The predicted molar refractivity (Wildman–Crippen MR) is 217 cm³/mol. The molecule has 50 heavy (non-hydrogen) atoms. The van der Waals surface area contributed by atoms with E-state index in [1.54, 1.807) is 7.11 Å². The van der Waals surface area contributed by atoms with Gasteiger partial charge in [-0.05, 0) is 101 Å². The Kier molecular flexibility index (Phi) is 17.4. The SMILES string of the molecule is C.COc1c(C)cccc1C(C)(C)C.Cc1c(F)ccc(C(C)(C)C)c1F.Cc1ccc(C(C)(C)C)cc1C.Cc1cccc(C(C)(C)C)c1. The van der Waals surface area contributed by atoms with Gasteiger partial charge in [-0.2, -0.15) is 0 Å². The number of hydrogen-bond acceptors (Lipinski definition) is 1. The molecule has 0 radical (unpaired) electrons. The monoisotopic (exact) mass is 689 g/mol. The molecule has 0 amide bonds. The van der Waals surface area contributed by atoms with Crippen molar-refractivity contribution in [1.82, 2.24) is 0 Å². The Morgan fingerprint density at radius 1 is 0.480 bits per heavy atom. The van der Waals surface area contributed by atoms with Gasteiger partial charge in [-0.15, -0.1) is 0 Å². The highest BCUT2D eigenvalue weighted by atomic mass is 19.1. The molecular formula is C47H70F2O. The van der Waals surface area contributed by atoms with Crippen LogP contribution in [0.1, 0.15) is 141 Å². The van der Waals surface area contributed by atoms with E-state index in [-0.39, 0.29) is 34.7 Å².